The van der Waals surface area contributed by atoms with Gasteiger partial charge >= 0.3 is 0 Å². The monoisotopic (exact) mass is 155 g/mol. The van der Waals surface area contributed by atoms with Gasteiger partial charge in [-0.15, -0.1) is 0 Å². The molecule has 4 heteroatoms. The Labute approximate surface area is 63.6 Å². The van der Waals surface area contributed by atoms with Gasteiger partial charge in [-0.05, 0) is 6.92 Å². The Bertz CT molecular complexity index is 260. The normalized spacial score (nSPS) is 12.5. The van der Waals surface area contributed by atoms with E-state index in [1.165, 1.54) is 0 Å². The van der Waals surface area contributed by atoms with Crippen molar-refractivity contribution in [3.8, 4) is 6.07 Å². The first-order valence-corrected chi connectivity index (χ1v) is 3.22. The van der Waals surface area contributed by atoms with Crippen molar-refractivity contribution >= 4 is 11.6 Å². The molecule has 1 aromatic heterocycles. The molecular formula is C6H6ClN3. The number of aromatic amines is 1. The molecule has 1 unspecified atom stereocenters. The lowest BCUT2D eigenvalue weighted by Crippen LogP contribution is -1.86. The van der Waals surface area contributed by atoms with Crippen LogP contribution in [0.3, 0.4) is 0 Å². The molecule has 0 bridgehead atoms. The molecule has 1 heterocycles. The van der Waals surface area contributed by atoms with Crippen LogP contribution in [0.1, 0.15) is 18.4 Å². The van der Waals surface area contributed by atoms with Crippen LogP contribution >= 0.6 is 11.6 Å². The Morgan fingerprint density at radius 2 is 2.60 bits per heavy atom. The summed E-state index contributed by atoms with van der Waals surface area (Å²) in [6, 6.07) is 2.06. The Hall–Kier alpha value is -1.01. The Balaban J connectivity index is 2.96. The SMILES string of the molecule is CC(C#N)c1cn[nH]c1Cl. The van der Waals surface area contributed by atoms with E-state index < -0.39 is 0 Å². The molecule has 10 heavy (non-hydrogen) atoms. The van der Waals surface area contributed by atoms with Gasteiger partial charge in [0.25, 0.3) is 0 Å². The van der Waals surface area contributed by atoms with Crippen LogP contribution in [0.25, 0.3) is 0 Å². The number of nitriles is 1. The Morgan fingerprint density at radius 1 is 1.90 bits per heavy atom. The summed E-state index contributed by atoms with van der Waals surface area (Å²) in [4.78, 5) is 0. The van der Waals surface area contributed by atoms with Crippen LogP contribution < -0.4 is 0 Å². The van der Waals surface area contributed by atoms with Crippen molar-refractivity contribution in [2.24, 2.45) is 0 Å². The van der Waals surface area contributed by atoms with Gasteiger partial charge in [0.1, 0.15) is 5.15 Å². The van der Waals surface area contributed by atoms with E-state index in [0.29, 0.717) is 5.15 Å². The third-order valence-corrected chi connectivity index (χ3v) is 1.58. The summed E-state index contributed by atoms with van der Waals surface area (Å²) >= 11 is 5.64. The molecule has 0 spiro atoms. The van der Waals surface area contributed by atoms with Crippen molar-refractivity contribution < 1.29 is 0 Å². The van der Waals surface area contributed by atoms with E-state index in [2.05, 4.69) is 16.3 Å². The van der Waals surface area contributed by atoms with E-state index in [9.17, 15) is 0 Å². The van der Waals surface area contributed by atoms with Crippen LogP contribution in [0.4, 0.5) is 0 Å². The summed E-state index contributed by atoms with van der Waals surface area (Å²) in [5.74, 6) is -0.189. The number of H-pyrrole nitrogens is 1. The van der Waals surface area contributed by atoms with Crippen LogP contribution in [0.15, 0.2) is 6.20 Å². The van der Waals surface area contributed by atoms with Gasteiger partial charge < -0.3 is 0 Å². The summed E-state index contributed by atoms with van der Waals surface area (Å²) < 4.78 is 0. The summed E-state index contributed by atoms with van der Waals surface area (Å²) in [6.07, 6.45) is 1.57. The maximum Gasteiger partial charge on any atom is 0.128 e. The highest BCUT2D eigenvalue weighted by Crippen LogP contribution is 2.20. The second-order valence-electron chi connectivity index (χ2n) is 1.99. The van der Waals surface area contributed by atoms with Gasteiger partial charge in [-0.1, -0.05) is 11.6 Å². The second kappa shape index (κ2) is 2.72. The van der Waals surface area contributed by atoms with Crippen molar-refractivity contribution in [2.45, 2.75) is 12.8 Å². The molecular weight excluding hydrogens is 150 g/mol. The van der Waals surface area contributed by atoms with Crippen LogP contribution in [-0.2, 0) is 0 Å². The number of halogens is 1. The maximum atomic E-state index is 8.48. The number of nitrogens with zero attached hydrogens (tertiary/aromatic N) is 2. The van der Waals surface area contributed by atoms with Crippen LogP contribution in [0.5, 0.6) is 0 Å². The molecule has 0 radical (unpaired) electrons. The minimum Gasteiger partial charge on any atom is -0.267 e. The second-order valence-corrected chi connectivity index (χ2v) is 2.37. The average Bonchev–Trinajstić information content (AvgIpc) is 2.34. The third kappa shape index (κ3) is 1.12. The summed E-state index contributed by atoms with van der Waals surface area (Å²) in [5, 5.41) is 15.2. The van der Waals surface area contributed by atoms with Gasteiger partial charge in [0.15, 0.2) is 0 Å². The largest absolute Gasteiger partial charge is 0.267 e. The summed E-state index contributed by atoms with van der Waals surface area (Å²) in [5.41, 5.74) is 0.754. The number of hydrogen-bond donors (Lipinski definition) is 1. The molecule has 0 amide bonds. The van der Waals surface area contributed by atoms with E-state index >= 15 is 0 Å². The van der Waals surface area contributed by atoms with E-state index in [1.54, 1.807) is 13.1 Å². The highest BCUT2D eigenvalue weighted by atomic mass is 35.5. The van der Waals surface area contributed by atoms with Gasteiger partial charge in [-0.2, -0.15) is 10.4 Å². The highest BCUT2D eigenvalue weighted by Gasteiger charge is 2.09. The minimum absolute atomic E-state index is 0.189. The predicted molar refractivity (Wildman–Crippen MR) is 37.6 cm³/mol. The first-order valence-electron chi connectivity index (χ1n) is 2.84. The molecule has 0 fully saturated rings. The molecule has 1 aromatic rings. The van der Waals surface area contributed by atoms with Gasteiger partial charge in [0, 0.05) is 5.56 Å². The van der Waals surface area contributed by atoms with Crippen LogP contribution in [-0.4, -0.2) is 10.2 Å². The fourth-order valence-electron chi connectivity index (χ4n) is 0.651. The van der Waals surface area contributed by atoms with Gasteiger partial charge in [-0.3, -0.25) is 5.10 Å². The topological polar surface area (TPSA) is 52.5 Å². The number of rotatable bonds is 1. The lowest BCUT2D eigenvalue weighted by Gasteiger charge is -1.95. The molecule has 52 valence electrons. The molecule has 1 N–H and O–H groups in total. The maximum absolute atomic E-state index is 8.48. The van der Waals surface area contributed by atoms with Crippen molar-refractivity contribution in [1.29, 1.82) is 5.26 Å². The molecule has 1 atom stereocenters. The lowest BCUT2D eigenvalue weighted by atomic mass is 10.1. The first-order chi connectivity index (χ1) is 4.75. The fourth-order valence-corrected chi connectivity index (χ4v) is 0.912. The zero-order valence-electron chi connectivity index (χ0n) is 5.43. The van der Waals surface area contributed by atoms with Crippen molar-refractivity contribution in [1.82, 2.24) is 10.2 Å². The molecule has 3 nitrogen and oxygen atoms in total. The predicted octanol–water partition coefficient (Wildman–Crippen LogP) is 1.69. The average molecular weight is 156 g/mol. The fraction of sp³-hybridized carbons (Fsp3) is 0.333. The Morgan fingerprint density at radius 3 is 3.00 bits per heavy atom. The zero-order chi connectivity index (χ0) is 7.56. The molecule has 1 rings (SSSR count). The Kier molecular flexibility index (Phi) is 1.93. The van der Waals surface area contributed by atoms with E-state index in [4.69, 9.17) is 16.9 Å². The van der Waals surface area contributed by atoms with E-state index in [0.717, 1.165) is 5.56 Å². The van der Waals surface area contributed by atoms with Gasteiger partial charge in [0.05, 0.1) is 18.2 Å². The third-order valence-electron chi connectivity index (χ3n) is 1.28. The molecule has 0 aliphatic carbocycles. The van der Waals surface area contributed by atoms with E-state index in [1.807, 2.05) is 0 Å². The number of hydrogen-bond acceptors (Lipinski definition) is 2. The first kappa shape index (κ1) is 7.10. The molecule has 0 saturated carbocycles. The van der Waals surface area contributed by atoms with E-state index in [-0.39, 0.29) is 5.92 Å². The highest BCUT2D eigenvalue weighted by molar-refractivity contribution is 6.30. The summed E-state index contributed by atoms with van der Waals surface area (Å²) in [7, 11) is 0. The standard InChI is InChI=1S/C6H6ClN3/c1-4(2-8)5-3-9-10-6(5)7/h3-4H,1H3,(H,9,10). The molecule has 0 aliphatic heterocycles. The van der Waals surface area contributed by atoms with Crippen molar-refractivity contribution in [2.75, 3.05) is 0 Å². The van der Waals surface area contributed by atoms with Crippen molar-refractivity contribution in [3.63, 3.8) is 0 Å². The van der Waals surface area contributed by atoms with Gasteiger partial charge in [0.2, 0.25) is 0 Å². The molecule has 0 saturated heterocycles. The summed E-state index contributed by atoms with van der Waals surface area (Å²) in [6.45, 7) is 1.77. The molecule has 0 aliphatic rings. The van der Waals surface area contributed by atoms with Gasteiger partial charge in [-0.25, -0.2) is 0 Å². The quantitative estimate of drug-likeness (QED) is 0.671. The number of aromatic nitrogens is 2. The van der Waals surface area contributed by atoms with Crippen LogP contribution in [0.2, 0.25) is 5.15 Å². The smallest absolute Gasteiger partial charge is 0.128 e. The van der Waals surface area contributed by atoms with Crippen molar-refractivity contribution in [3.05, 3.63) is 16.9 Å². The minimum atomic E-state index is -0.189. The number of nitrogens with one attached hydrogen (secondary N) is 1. The zero-order valence-corrected chi connectivity index (χ0v) is 6.18. The molecule has 0 aromatic carbocycles. The lowest BCUT2D eigenvalue weighted by molar-refractivity contribution is 0.984. The van der Waals surface area contributed by atoms with Crippen LogP contribution in [0, 0.1) is 11.3 Å².